The highest BCUT2D eigenvalue weighted by atomic mass is 16.4. The normalized spacial score (nSPS) is 11.0. The quantitative estimate of drug-likeness (QED) is 0.810. The van der Waals surface area contributed by atoms with E-state index in [9.17, 15) is 9.59 Å². The topological polar surface area (TPSA) is 70.5 Å². The zero-order chi connectivity index (χ0) is 15.1. The Hall–Kier alpha value is -2.17. The highest BCUT2D eigenvalue weighted by Gasteiger charge is 2.18. The van der Waals surface area contributed by atoms with Gasteiger partial charge in [0.05, 0.1) is 0 Å². The van der Waals surface area contributed by atoms with Gasteiger partial charge in [-0.3, -0.25) is 9.78 Å². The van der Waals surface area contributed by atoms with Gasteiger partial charge in [-0.2, -0.15) is 0 Å². The van der Waals surface area contributed by atoms with Crippen LogP contribution >= 0.6 is 0 Å². The molecule has 0 spiro atoms. The largest absolute Gasteiger partial charge is 0.478 e. The van der Waals surface area contributed by atoms with E-state index in [-0.39, 0.29) is 11.9 Å². The Labute approximate surface area is 118 Å². The van der Waals surface area contributed by atoms with Gasteiger partial charge in [-0.1, -0.05) is 19.9 Å². The number of aliphatic carboxylic acids is 1. The fourth-order valence-electron chi connectivity index (χ4n) is 1.98. The zero-order valence-electron chi connectivity index (χ0n) is 12.0. The van der Waals surface area contributed by atoms with Crippen molar-refractivity contribution in [1.82, 2.24) is 9.88 Å². The molecule has 0 saturated heterocycles. The summed E-state index contributed by atoms with van der Waals surface area (Å²) in [7, 11) is 1.78. The van der Waals surface area contributed by atoms with Crippen molar-refractivity contribution in [3.8, 4) is 0 Å². The SMILES string of the molecule is CCC(CC)N(C)C(=O)c1ccc(C=CC(=O)O)cn1. The summed E-state index contributed by atoms with van der Waals surface area (Å²) in [6.07, 6.45) is 5.77. The average Bonchev–Trinajstić information content (AvgIpc) is 2.46. The van der Waals surface area contributed by atoms with Gasteiger partial charge in [0.1, 0.15) is 5.69 Å². The van der Waals surface area contributed by atoms with Crippen LogP contribution in [0.2, 0.25) is 0 Å². The number of nitrogens with zero attached hydrogens (tertiary/aromatic N) is 2. The molecule has 5 nitrogen and oxygen atoms in total. The van der Waals surface area contributed by atoms with E-state index >= 15 is 0 Å². The second-order valence-electron chi connectivity index (χ2n) is 4.53. The number of aromatic nitrogens is 1. The second-order valence-corrected chi connectivity index (χ2v) is 4.53. The fourth-order valence-corrected chi connectivity index (χ4v) is 1.98. The van der Waals surface area contributed by atoms with Gasteiger partial charge in [-0.15, -0.1) is 0 Å². The Morgan fingerprint density at radius 3 is 2.45 bits per heavy atom. The number of hydrogen-bond acceptors (Lipinski definition) is 3. The van der Waals surface area contributed by atoms with E-state index in [1.807, 2.05) is 13.8 Å². The Bertz CT molecular complexity index is 490. The first-order valence-electron chi connectivity index (χ1n) is 6.63. The molecule has 0 atom stereocenters. The molecule has 5 heteroatoms. The molecule has 1 amide bonds. The minimum atomic E-state index is -1.02. The van der Waals surface area contributed by atoms with Crippen molar-refractivity contribution >= 4 is 18.0 Å². The van der Waals surface area contributed by atoms with Crippen molar-refractivity contribution in [2.24, 2.45) is 0 Å². The fraction of sp³-hybridized carbons (Fsp3) is 0.400. The lowest BCUT2D eigenvalue weighted by Crippen LogP contribution is -2.36. The Morgan fingerprint density at radius 1 is 1.35 bits per heavy atom. The zero-order valence-corrected chi connectivity index (χ0v) is 12.0. The van der Waals surface area contributed by atoms with E-state index in [0.717, 1.165) is 18.9 Å². The molecule has 0 aromatic carbocycles. The molecular formula is C15H20N2O3. The molecular weight excluding hydrogens is 256 g/mol. The third-order valence-electron chi connectivity index (χ3n) is 3.23. The van der Waals surface area contributed by atoms with E-state index in [1.54, 1.807) is 24.1 Å². The third kappa shape index (κ3) is 4.19. The van der Waals surface area contributed by atoms with Gasteiger partial charge in [0.15, 0.2) is 0 Å². The molecule has 20 heavy (non-hydrogen) atoms. The lowest BCUT2D eigenvalue weighted by atomic mass is 10.1. The van der Waals surface area contributed by atoms with E-state index in [4.69, 9.17) is 5.11 Å². The van der Waals surface area contributed by atoms with E-state index < -0.39 is 5.97 Å². The van der Waals surface area contributed by atoms with Crippen molar-refractivity contribution in [3.05, 3.63) is 35.7 Å². The van der Waals surface area contributed by atoms with Crippen molar-refractivity contribution in [2.75, 3.05) is 7.05 Å². The van der Waals surface area contributed by atoms with Crippen LogP contribution in [0.4, 0.5) is 0 Å². The minimum Gasteiger partial charge on any atom is -0.478 e. The standard InChI is InChI=1S/C15H20N2O3/c1-4-12(5-2)17(3)15(20)13-8-6-11(10-16-13)7-9-14(18)19/h6-10,12H,4-5H2,1-3H3,(H,18,19). The lowest BCUT2D eigenvalue weighted by molar-refractivity contribution is -0.131. The summed E-state index contributed by atoms with van der Waals surface area (Å²) in [5.74, 6) is -1.13. The van der Waals surface area contributed by atoms with Gasteiger partial charge >= 0.3 is 5.97 Å². The van der Waals surface area contributed by atoms with Crippen LogP contribution in [0.25, 0.3) is 6.08 Å². The molecule has 0 aliphatic rings. The molecule has 0 aliphatic heterocycles. The van der Waals surface area contributed by atoms with Gasteiger partial charge in [0, 0.05) is 25.4 Å². The number of carbonyl (C=O) groups is 2. The Morgan fingerprint density at radius 2 is 2.00 bits per heavy atom. The Kier molecular flexibility index (Phi) is 5.90. The lowest BCUT2D eigenvalue weighted by Gasteiger charge is -2.25. The van der Waals surface area contributed by atoms with E-state index in [0.29, 0.717) is 11.3 Å². The van der Waals surface area contributed by atoms with E-state index in [2.05, 4.69) is 4.98 Å². The van der Waals surface area contributed by atoms with Crippen molar-refractivity contribution in [3.63, 3.8) is 0 Å². The molecule has 1 aromatic rings. The first-order valence-corrected chi connectivity index (χ1v) is 6.63. The molecule has 1 N–H and O–H groups in total. The molecule has 1 heterocycles. The summed E-state index contributed by atoms with van der Waals surface area (Å²) in [5.41, 5.74) is 1.01. The van der Waals surface area contributed by atoms with E-state index in [1.165, 1.54) is 12.3 Å². The maximum Gasteiger partial charge on any atom is 0.328 e. The summed E-state index contributed by atoms with van der Waals surface area (Å²) in [6.45, 7) is 4.09. The maximum absolute atomic E-state index is 12.2. The molecule has 0 radical (unpaired) electrons. The van der Waals surface area contributed by atoms with Gasteiger partial charge < -0.3 is 10.0 Å². The number of pyridine rings is 1. The van der Waals surface area contributed by atoms with Crippen molar-refractivity contribution in [1.29, 1.82) is 0 Å². The van der Waals surface area contributed by atoms with Crippen LogP contribution in [-0.2, 0) is 4.79 Å². The molecule has 108 valence electrons. The number of hydrogen-bond donors (Lipinski definition) is 1. The monoisotopic (exact) mass is 276 g/mol. The van der Waals surface area contributed by atoms with Crippen LogP contribution in [-0.4, -0.2) is 40.0 Å². The highest BCUT2D eigenvalue weighted by Crippen LogP contribution is 2.11. The van der Waals surface area contributed by atoms with Gasteiger partial charge in [0.25, 0.3) is 5.91 Å². The van der Waals surface area contributed by atoms with Crippen LogP contribution in [0.15, 0.2) is 24.4 Å². The number of rotatable bonds is 6. The van der Waals surface area contributed by atoms with Gasteiger partial charge in [-0.05, 0) is 30.5 Å². The smallest absolute Gasteiger partial charge is 0.328 e. The van der Waals surface area contributed by atoms with Crippen LogP contribution in [0.5, 0.6) is 0 Å². The average molecular weight is 276 g/mol. The number of carbonyl (C=O) groups excluding carboxylic acids is 1. The summed E-state index contributed by atoms with van der Waals surface area (Å²) in [4.78, 5) is 28.4. The third-order valence-corrected chi connectivity index (χ3v) is 3.23. The van der Waals surface area contributed by atoms with Crippen LogP contribution in [0.3, 0.4) is 0 Å². The molecule has 0 saturated carbocycles. The van der Waals surface area contributed by atoms with Crippen LogP contribution in [0.1, 0.15) is 42.7 Å². The summed E-state index contributed by atoms with van der Waals surface area (Å²) < 4.78 is 0. The predicted octanol–water partition coefficient (Wildman–Crippen LogP) is 2.44. The maximum atomic E-state index is 12.2. The summed E-state index contributed by atoms with van der Waals surface area (Å²) in [6, 6.07) is 3.50. The van der Waals surface area contributed by atoms with Gasteiger partial charge in [0.2, 0.25) is 0 Å². The number of carboxylic acids is 1. The predicted molar refractivity (Wildman–Crippen MR) is 77.4 cm³/mol. The van der Waals surface area contributed by atoms with Gasteiger partial charge in [-0.25, -0.2) is 4.79 Å². The van der Waals surface area contributed by atoms with Crippen LogP contribution in [0, 0.1) is 0 Å². The second kappa shape index (κ2) is 7.43. The summed E-state index contributed by atoms with van der Waals surface area (Å²) in [5, 5.41) is 8.54. The number of carboxylic acid groups (broad SMARTS) is 1. The minimum absolute atomic E-state index is 0.118. The Balaban J connectivity index is 2.82. The molecule has 1 aromatic heterocycles. The molecule has 0 bridgehead atoms. The first kappa shape index (κ1) is 15.9. The molecule has 1 rings (SSSR count). The van der Waals surface area contributed by atoms with Crippen molar-refractivity contribution < 1.29 is 14.7 Å². The molecule has 0 unspecified atom stereocenters. The van der Waals surface area contributed by atoms with Crippen LogP contribution < -0.4 is 0 Å². The first-order chi connectivity index (χ1) is 9.49. The molecule has 0 fully saturated rings. The number of amides is 1. The molecule has 0 aliphatic carbocycles. The highest BCUT2D eigenvalue weighted by molar-refractivity contribution is 5.92. The van der Waals surface area contributed by atoms with Crippen molar-refractivity contribution in [2.45, 2.75) is 32.7 Å². The summed E-state index contributed by atoms with van der Waals surface area (Å²) >= 11 is 0.